The number of rotatable bonds is 11. The Morgan fingerprint density at radius 2 is 1.62 bits per heavy atom. The van der Waals surface area contributed by atoms with Crippen LogP contribution in [0.15, 0.2) is 89.4 Å². The first-order chi connectivity index (χ1) is 21.7. The Hall–Kier alpha value is -4.62. The number of nitrogens with zero attached hydrogens (tertiary/aromatic N) is 1. The highest BCUT2D eigenvalue weighted by molar-refractivity contribution is 8.00. The third kappa shape index (κ3) is 6.89. The van der Waals surface area contributed by atoms with Gasteiger partial charge in [0.2, 0.25) is 11.6 Å². The van der Waals surface area contributed by atoms with Gasteiger partial charge in [-0.3, -0.25) is 24.6 Å². The number of hydrogen-bond acceptors (Lipinski definition) is 10. The fourth-order valence-corrected chi connectivity index (χ4v) is 7.18. The maximum Gasteiger partial charge on any atom is 0.409 e. The SMILES string of the molecule is CCOC(=O)N[C@]1(NC(=O)Cc2cccs2)C(=O)N2C(C(=O)OC(c3ccccc3)c3ccccc3)=C(COC(C)=O)CS[C@@H]21. The number of benzene rings is 2. The lowest BCUT2D eigenvalue weighted by Gasteiger charge is -2.56. The minimum Gasteiger partial charge on any atom is -0.461 e. The Morgan fingerprint density at radius 1 is 0.956 bits per heavy atom. The van der Waals surface area contributed by atoms with Crippen molar-refractivity contribution in [3.8, 4) is 0 Å². The summed E-state index contributed by atoms with van der Waals surface area (Å²) in [6, 6.07) is 21.9. The first-order valence-corrected chi connectivity index (χ1v) is 16.1. The monoisotopic (exact) mass is 649 g/mol. The fourth-order valence-electron chi connectivity index (χ4n) is 5.08. The van der Waals surface area contributed by atoms with Gasteiger partial charge >= 0.3 is 18.0 Å². The fraction of sp³-hybridized carbons (Fsp3) is 0.281. The van der Waals surface area contributed by atoms with Crippen LogP contribution in [0.2, 0.25) is 0 Å². The summed E-state index contributed by atoms with van der Waals surface area (Å²) < 4.78 is 16.4. The van der Waals surface area contributed by atoms with Gasteiger partial charge in [0.15, 0.2) is 6.10 Å². The van der Waals surface area contributed by atoms with Gasteiger partial charge in [0.1, 0.15) is 17.7 Å². The zero-order valence-electron chi connectivity index (χ0n) is 24.5. The van der Waals surface area contributed by atoms with Gasteiger partial charge in [-0.15, -0.1) is 23.1 Å². The number of thioether (sulfide) groups is 1. The van der Waals surface area contributed by atoms with Crippen LogP contribution in [-0.4, -0.2) is 64.7 Å². The second-order valence-electron chi connectivity index (χ2n) is 10.1. The number of ether oxygens (including phenoxy) is 3. The van der Waals surface area contributed by atoms with E-state index in [9.17, 15) is 24.0 Å². The van der Waals surface area contributed by atoms with Gasteiger partial charge in [-0.25, -0.2) is 9.59 Å². The number of esters is 2. The van der Waals surface area contributed by atoms with E-state index in [1.54, 1.807) is 19.1 Å². The molecule has 0 unspecified atom stereocenters. The summed E-state index contributed by atoms with van der Waals surface area (Å²) in [5.74, 6) is -2.53. The molecule has 3 aromatic rings. The van der Waals surface area contributed by atoms with E-state index in [1.165, 1.54) is 34.9 Å². The van der Waals surface area contributed by atoms with E-state index >= 15 is 0 Å². The molecule has 0 aliphatic carbocycles. The first-order valence-electron chi connectivity index (χ1n) is 14.1. The molecule has 2 aliphatic rings. The van der Waals surface area contributed by atoms with Crippen LogP contribution in [0.1, 0.15) is 36.0 Å². The molecule has 1 aromatic heterocycles. The number of alkyl carbamates (subject to hydrolysis) is 1. The van der Waals surface area contributed by atoms with Crippen LogP contribution < -0.4 is 10.6 Å². The number of amides is 3. The van der Waals surface area contributed by atoms with Crippen LogP contribution in [0.4, 0.5) is 4.79 Å². The third-order valence-corrected chi connectivity index (χ3v) is 9.32. The van der Waals surface area contributed by atoms with Gasteiger partial charge in [-0.05, 0) is 29.5 Å². The smallest absolute Gasteiger partial charge is 0.409 e. The van der Waals surface area contributed by atoms with Crippen molar-refractivity contribution in [2.75, 3.05) is 19.0 Å². The molecule has 5 rings (SSSR count). The van der Waals surface area contributed by atoms with Crippen molar-refractivity contribution < 1.29 is 38.2 Å². The van der Waals surface area contributed by atoms with E-state index in [0.29, 0.717) is 16.7 Å². The molecule has 0 saturated carbocycles. The zero-order valence-corrected chi connectivity index (χ0v) is 26.2. The minimum absolute atomic E-state index is 0.0210. The molecule has 2 aromatic carbocycles. The zero-order chi connectivity index (χ0) is 32.0. The summed E-state index contributed by atoms with van der Waals surface area (Å²) in [6.45, 7) is 2.63. The largest absolute Gasteiger partial charge is 0.461 e. The molecule has 2 aliphatic heterocycles. The van der Waals surface area contributed by atoms with Crippen molar-refractivity contribution >= 4 is 52.9 Å². The lowest BCUT2D eigenvalue weighted by atomic mass is 9.94. The summed E-state index contributed by atoms with van der Waals surface area (Å²) in [5, 5.41) is 6.15. The Labute approximate surface area is 267 Å². The normalized spacial score (nSPS) is 18.9. The summed E-state index contributed by atoms with van der Waals surface area (Å²) in [5.41, 5.74) is -0.262. The number of hydrogen-bond donors (Lipinski definition) is 2. The van der Waals surface area contributed by atoms with Crippen molar-refractivity contribution in [2.45, 2.75) is 37.4 Å². The molecule has 0 spiro atoms. The number of carbonyl (C=O) groups excluding carboxylic acids is 5. The summed E-state index contributed by atoms with van der Waals surface area (Å²) in [6.07, 6.45) is -1.75. The Bertz CT molecular complexity index is 1560. The molecule has 45 heavy (non-hydrogen) atoms. The van der Waals surface area contributed by atoms with Gasteiger partial charge in [0, 0.05) is 23.1 Å². The van der Waals surface area contributed by atoms with Crippen molar-refractivity contribution in [2.24, 2.45) is 0 Å². The molecule has 13 heteroatoms. The Balaban J connectivity index is 1.49. The molecular formula is C32H31N3O8S2. The quantitative estimate of drug-likeness (QED) is 0.137. The van der Waals surface area contributed by atoms with Crippen LogP contribution >= 0.6 is 23.1 Å². The Morgan fingerprint density at radius 3 is 2.20 bits per heavy atom. The molecule has 1 saturated heterocycles. The average molecular weight is 650 g/mol. The molecule has 234 valence electrons. The second-order valence-corrected chi connectivity index (χ2v) is 12.2. The second kappa shape index (κ2) is 14.0. The number of nitrogens with one attached hydrogen (secondary N) is 2. The molecule has 11 nitrogen and oxygen atoms in total. The average Bonchev–Trinajstić information content (AvgIpc) is 3.55. The highest BCUT2D eigenvalue weighted by atomic mass is 32.2. The molecule has 0 radical (unpaired) electrons. The van der Waals surface area contributed by atoms with E-state index < -0.39 is 47.0 Å². The standard InChI is InChI=1S/C32H31N3O8S2/c1-3-41-31(40)34-32(33-25(37)17-24-15-10-16-44-24)29(39)35-26(23(18-42-20(2)36)19-45-30(32)35)28(38)43-27(21-11-6-4-7-12-21)22-13-8-5-9-14-22/h4-16,27,30H,3,17-19H2,1-2H3,(H,33,37)(H,34,40)/t30-,32-/m1/s1. The van der Waals surface area contributed by atoms with Crippen molar-refractivity contribution in [1.29, 1.82) is 0 Å². The lowest BCUT2D eigenvalue weighted by Crippen LogP contribution is -2.86. The van der Waals surface area contributed by atoms with Gasteiger partial charge in [0.25, 0.3) is 5.91 Å². The van der Waals surface area contributed by atoms with Crippen LogP contribution in [-0.2, 0) is 39.8 Å². The molecule has 2 N–H and O–H groups in total. The van der Waals surface area contributed by atoms with Crippen LogP contribution in [0, 0.1) is 0 Å². The molecule has 0 bridgehead atoms. The highest BCUT2D eigenvalue weighted by Gasteiger charge is 2.67. The van der Waals surface area contributed by atoms with Crippen LogP contribution in [0.25, 0.3) is 0 Å². The molecular weight excluding hydrogens is 618 g/mol. The van der Waals surface area contributed by atoms with Gasteiger partial charge in [-0.1, -0.05) is 66.7 Å². The minimum atomic E-state index is -1.90. The molecule has 3 heterocycles. The van der Waals surface area contributed by atoms with E-state index in [2.05, 4.69) is 10.6 Å². The van der Waals surface area contributed by atoms with Gasteiger partial charge in [-0.2, -0.15) is 0 Å². The van der Waals surface area contributed by atoms with Crippen molar-refractivity contribution in [3.63, 3.8) is 0 Å². The highest BCUT2D eigenvalue weighted by Crippen LogP contribution is 2.46. The van der Waals surface area contributed by atoms with E-state index in [0.717, 1.165) is 4.88 Å². The summed E-state index contributed by atoms with van der Waals surface area (Å²) in [7, 11) is 0. The molecule has 3 amide bonds. The first kappa shape index (κ1) is 31.8. The Kier molecular flexibility index (Phi) is 9.89. The maximum atomic E-state index is 14.1. The van der Waals surface area contributed by atoms with Crippen molar-refractivity contribution in [1.82, 2.24) is 15.5 Å². The molecule has 1 fully saturated rings. The van der Waals surface area contributed by atoms with Crippen LogP contribution in [0.5, 0.6) is 0 Å². The summed E-state index contributed by atoms with van der Waals surface area (Å²) in [4.78, 5) is 67.7. The van der Waals surface area contributed by atoms with Crippen molar-refractivity contribution in [3.05, 3.63) is 105 Å². The topological polar surface area (TPSA) is 140 Å². The number of β-lactam (4-membered cyclic amide) rings is 1. The van der Waals surface area contributed by atoms with E-state index in [-0.39, 0.29) is 31.1 Å². The van der Waals surface area contributed by atoms with Gasteiger partial charge < -0.3 is 19.5 Å². The van der Waals surface area contributed by atoms with Gasteiger partial charge in [0.05, 0.1) is 13.0 Å². The number of fused-ring (bicyclic) bond motifs is 1. The lowest BCUT2D eigenvalue weighted by molar-refractivity contribution is -0.163. The van der Waals surface area contributed by atoms with Crippen LogP contribution in [0.3, 0.4) is 0 Å². The molecule has 2 atom stereocenters. The maximum absolute atomic E-state index is 14.1. The van der Waals surface area contributed by atoms with E-state index in [4.69, 9.17) is 14.2 Å². The number of thiophene rings is 1. The third-order valence-electron chi connectivity index (χ3n) is 7.05. The predicted molar refractivity (Wildman–Crippen MR) is 167 cm³/mol. The predicted octanol–water partition coefficient (Wildman–Crippen LogP) is 3.91. The number of carbonyl (C=O) groups is 5. The van der Waals surface area contributed by atoms with E-state index in [1.807, 2.05) is 66.0 Å². The summed E-state index contributed by atoms with van der Waals surface area (Å²) >= 11 is 2.57.